The lowest BCUT2D eigenvalue weighted by molar-refractivity contribution is -0.138. The van der Waals surface area contributed by atoms with Gasteiger partial charge >= 0.3 is 6.18 Å². The number of hydrogen-bond donors (Lipinski definition) is 0. The molecule has 0 saturated heterocycles. The van der Waals surface area contributed by atoms with Crippen LogP contribution in [0.1, 0.15) is 30.9 Å². The van der Waals surface area contributed by atoms with Gasteiger partial charge in [-0.2, -0.15) is 13.2 Å². The van der Waals surface area contributed by atoms with Gasteiger partial charge in [-0.1, -0.05) is 31.5 Å². The van der Waals surface area contributed by atoms with Crippen LogP contribution in [0.4, 0.5) is 13.2 Å². The first-order valence-corrected chi connectivity index (χ1v) is 4.57. The Morgan fingerprint density at radius 2 is 1.79 bits per heavy atom. The number of hydrogen-bond acceptors (Lipinski definition) is 0. The molecule has 0 bridgehead atoms. The SMILES string of the molecule is CC(C)c1c(Cl)cccc1C(F)(F)F. The van der Waals surface area contributed by atoms with Gasteiger partial charge in [0.15, 0.2) is 0 Å². The second-order valence-electron chi connectivity index (χ2n) is 3.35. The van der Waals surface area contributed by atoms with Crippen molar-refractivity contribution in [2.24, 2.45) is 0 Å². The first-order chi connectivity index (χ1) is 6.34. The molecule has 0 unspecified atom stereocenters. The van der Waals surface area contributed by atoms with Crippen LogP contribution < -0.4 is 0 Å². The fourth-order valence-electron chi connectivity index (χ4n) is 1.37. The molecule has 0 aliphatic heterocycles. The maximum absolute atomic E-state index is 12.5. The Morgan fingerprint density at radius 3 is 2.14 bits per heavy atom. The molecule has 0 aromatic heterocycles. The van der Waals surface area contributed by atoms with Crippen molar-refractivity contribution in [2.45, 2.75) is 25.9 Å². The molecule has 1 rings (SSSR count). The Balaban J connectivity index is 3.36. The molecule has 0 saturated carbocycles. The Hall–Kier alpha value is -0.700. The monoisotopic (exact) mass is 222 g/mol. The third kappa shape index (κ3) is 2.21. The van der Waals surface area contributed by atoms with E-state index in [0.29, 0.717) is 0 Å². The molecule has 0 aliphatic carbocycles. The fourth-order valence-corrected chi connectivity index (χ4v) is 1.76. The zero-order valence-electron chi connectivity index (χ0n) is 7.82. The summed E-state index contributed by atoms with van der Waals surface area (Å²) in [7, 11) is 0. The molecule has 0 atom stereocenters. The Kier molecular flexibility index (Phi) is 3.10. The van der Waals surface area contributed by atoms with Gasteiger partial charge in [0.1, 0.15) is 0 Å². The number of benzene rings is 1. The summed E-state index contributed by atoms with van der Waals surface area (Å²) in [5, 5.41) is 0.176. The van der Waals surface area contributed by atoms with Crippen molar-refractivity contribution in [1.82, 2.24) is 0 Å². The van der Waals surface area contributed by atoms with Crippen molar-refractivity contribution in [1.29, 1.82) is 0 Å². The minimum absolute atomic E-state index is 0.168. The first-order valence-electron chi connectivity index (χ1n) is 4.19. The second kappa shape index (κ2) is 3.81. The van der Waals surface area contributed by atoms with Crippen LogP contribution in [0.5, 0.6) is 0 Å². The summed E-state index contributed by atoms with van der Waals surface area (Å²) in [6.45, 7) is 3.38. The molecule has 14 heavy (non-hydrogen) atoms. The molecule has 0 radical (unpaired) electrons. The lowest BCUT2D eigenvalue weighted by Crippen LogP contribution is -2.10. The Morgan fingerprint density at radius 1 is 1.21 bits per heavy atom. The maximum atomic E-state index is 12.5. The molecule has 1 aromatic rings. The van der Waals surface area contributed by atoms with Crippen molar-refractivity contribution in [3.63, 3.8) is 0 Å². The largest absolute Gasteiger partial charge is 0.416 e. The number of rotatable bonds is 1. The van der Waals surface area contributed by atoms with Crippen LogP contribution in [0.25, 0.3) is 0 Å². The normalized spacial score (nSPS) is 12.2. The summed E-state index contributed by atoms with van der Waals surface area (Å²) >= 11 is 5.73. The quantitative estimate of drug-likeness (QED) is 0.657. The minimum Gasteiger partial charge on any atom is -0.166 e. The molecular weight excluding hydrogens is 213 g/mol. The third-order valence-corrected chi connectivity index (χ3v) is 2.27. The van der Waals surface area contributed by atoms with E-state index in [9.17, 15) is 13.2 Å². The molecule has 1 aromatic carbocycles. The summed E-state index contributed by atoms with van der Waals surface area (Å²) in [5.74, 6) is -0.236. The second-order valence-corrected chi connectivity index (χ2v) is 3.76. The van der Waals surface area contributed by atoms with Crippen LogP contribution in [-0.2, 0) is 6.18 Å². The average Bonchev–Trinajstić information content (AvgIpc) is 2.01. The average molecular weight is 223 g/mol. The van der Waals surface area contributed by atoms with Crippen LogP contribution in [0.3, 0.4) is 0 Å². The van der Waals surface area contributed by atoms with Gasteiger partial charge in [0.05, 0.1) is 5.56 Å². The van der Waals surface area contributed by atoms with E-state index < -0.39 is 11.7 Å². The smallest absolute Gasteiger partial charge is 0.166 e. The topological polar surface area (TPSA) is 0 Å². The lowest BCUT2D eigenvalue weighted by atomic mass is 9.97. The summed E-state index contributed by atoms with van der Waals surface area (Å²) < 4.78 is 37.6. The lowest BCUT2D eigenvalue weighted by Gasteiger charge is -2.16. The van der Waals surface area contributed by atoms with Crippen LogP contribution in [-0.4, -0.2) is 0 Å². The van der Waals surface area contributed by atoms with E-state index in [1.54, 1.807) is 13.8 Å². The molecule has 78 valence electrons. The molecule has 0 nitrogen and oxygen atoms in total. The van der Waals surface area contributed by atoms with Crippen molar-refractivity contribution in [2.75, 3.05) is 0 Å². The van der Waals surface area contributed by atoms with Crippen molar-refractivity contribution in [3.8, 4) is 0 Å². The molecule has 0 spiro atoms. The molecule has 0 heterocycles. The minimum atomic E-state index is -4.33. The van der Waals surface area contributed by atoms with Crippen LogP contribution >= 0.6 is 11.6 Å². The van der Waals surface area contributed by atoms with E-state index >= 15 is 0 Å². The zero-order valence-corrected chi connectivity index (χ0v) is 8.58. The standard InChI is InChI=1S/C10H10ClF3/c1-6(2)9-7(10(12,13)14)4-3-5-8(9)11/h3-6H,1-2H3. The fraction of sp³-hybridized carbons (Fsp3) is 0.400. The predicted molar refractivity (Wildman–Crippen MR) is 50.5 cm³/mol. The molecule has 0 N–H and O–H groups in total. The molecule has 0 aliphatic rings. The number of halogens is 4. The van der Waals surface area contributed by atoms with E-state index in [1.807, 2.05) is 0 Å². The van der Waals surface area contributed by atoms with Crippen molar-refractivity contribution < 1.29 is 13.2 Å². The Labute approximate surface area is 85.7 Å². The Bertz CT molecular complexity index is 329. The summed E-state index contributed by atoms with van der Waals surface area (Å²) in [6.07, 6.45) is -4.33. The highest BCUT2D eigenvalue weighted by atomic mass is 35.5. The van der Waals surface area contributed by atoms with E-state index in [2.05, 4.69) is 0 Å². The van der Waals surface area contributed by atoms with Gasteiger partial charge in [0.2, 0.25) is 0 Å². The van der Waals surface area contributed by atoms with E-state index in [4.69, 9.17) is 11.6 Å². The van der Waals surface area contributed by atoms with Gasteiger partial charge in [0.25, 0.3) is 0 Å². The molecular formula is C10H10ClF3. The molecule has 4 heteroatoms. The third-order valence-electron chi connectivity index (χ3n) is 1.94. The van der Waals surface area contributed by atoms with Gasteiger partial charge in [0, 0.05) is 5.02 Å². The van der Waals surface area contributed by atoms with Gasteiger partial charge < -0.3 is 0 Å². The summed E-state index contributed by atoms with van der Waals surface area (Å²) in [4.78, 5) is 0. The zero-order chi connectivity index (χ0) is 10.9. The van der Waals surface area contributed by atoms with Crippen LogP contribution in [0.15, 0.2) is 18.2 Å². The van der Waals surface area contributed by atoms with Crippen molar-refractivity contribution in [3.05, 3.63) is 34.3 Å². The van der Waals surface area contributed by atoms with Gasteiger partial charge in [-0.3, -0.25) is 0 Å². The van der Waals surface area contributed by atoms with Crippen molar-refractivity contribution >= 4 is 11.6 Å². The highest BCUT2D eigenvalue weighted by Gasteiger charge is 2.34. The van der Waals surface area contributed by atoms with Crippen LogP contribution in [0.2, 0.25) is 5.02 Å². The highest BCUT2D eigenvalue weighted by molar-refractivity contribution is 6.31. The summed E-state index contributed by atoms with van der Waals surface area (Å²) in [6, 6.07) is 3.85. The van der Waals surface area contributed by atoms with E-state index in [1.165, 1.54) is 12.1 Å². The molecule has 0 fully saturated rings. The molecule has 0 amide bonds. The van der Waals surface area contributed by atoms with E-state index in [-0.39, 0.29) is 16.5 Å². The van der Waals surface area contributed by atoms with E-state index in [0.717, 1.165) is 6.07 Å². The maximum Gasteiger partial charge on any atom is 0.416 e. The van der Waals surface area contributed by atoms with Crippen LogP contribution in [0, 0.1) is 0 Å². The van der Waals surface area contributed by atoms with Gasteiger partial charge in [-0.15, -0.1) is 0 Å². The van der Waals surface area contributed by atoms with Gasteiger partial charge in [-0.25, -0.2) is 0 Å². The highest BCUT2D eigenvalue weighted by Crippen LogP contribution is 2.38. The first kappa shape index (κ1) is 11.4. The number of alkyl halides is 3. The van der Waals surface area contributed by atoms with Gasteiger partial charge in [-0.05, 0) is 23.6 Å². The summed E-state index contributed by atoms with van der Waals surface area (Å²) in [5.41, 5.74) is -0.471. The predicted octanol–water partition coefficient (Wildman–Crippen LogP) is 4.48.